The van der Waals surface area contributed by atoms with E-state index in [4.69, 9.17) is 23.2 Å². The standard InChI is InChI=1S/C27H34ClFN8/c1-15-18(5-6-22(29)35-15)24(21(30)12-37(31)27-9-16(10-27)11-27)36-17-7-19-23(20(28)8-17)33-14-34-25(19)32-13-26(2,3)4/h5-8,12,14,16,24,36H,9-11,13,30-31H2,1-4H3,(H,32,33,34)/b21-12-. The molecule has 6 N–H and O–H groups in total. The van der Waals surface area contributed by atoms with Crippen molar-refractivity contribution in [2.24, 2.45) is 22.9 Å². The largest absolute Gasteiger partial charge is 0.399 e. The van der Waals surface area contributed by atoms with Crippen LogP contribution < -0.4 is 22.2 Å². The van der Waals surface area contributed by atoms with Gasteiger partial charge >= 0.3 is 0 Å². The molecule has 0 radical (unpaired) electrons. The number of halogens is 2. The van der Waals surface area contributed by atoms with Crippen LogP contribution in [-0.2, 0) is 0 Å². The lowest BCUT2D eigenvalue weighted by atomic mass is 9.49. The van der Waals surface area contributed by atoms with E-state index < -0.39 is 12.0 Å². The minimum absolute atomic E-state index is 0.00709. The summed E-state index contributed by atoms with van der Waals surface area (Å²) in [5, 5.41) is 9.91. The van der Waals surface area contributed by atoms with E-state index in [0.29, 0.717) is 33.4 Å². The molecular weight excluding hydrogens is 491 g/mol. The molecular formula is C27H34ClFN8. The second-order valence-electron chi connectivity index (χ2n) is 11.6. The van der Waals surface area contributed by atoms with Crippen molar-refractivity contribution in [3.8, 4) is 0 Å². The Kier molecular flexibility index (Phi) is 6.40. The number of hydrogen-bond acceptors (Lipinski definition) is 8. The smallest absolute Gasteiger partial charge is 0.213 e. The number of rotatable bonds is 8. The van der Waals surface area contributed by atoms with Crippen molar-refractivity contribution in [2.75, 3.05) is 17.2 Å². The highest BCUT2D eigenvalue weighted by atomic mass is 35.5. The first-order chi connectivity index (χ1) is 17.4. The lowest BCUT2D eigenvalue weighted by Gasteiger charge is -2.65. The highest BCUT2D eigenvalue weighted by Gasteiger charge is 2.59. The molecule has 2 aromatic heterocycles. The van der Waals surface area contributed by atoms with Gasteiger partial charge in [0.25, 0.3) is 0 Å². The predicted octanol–water partition coefficient (Wildman–Crippen LogP) is 5.27. The minimum atomic E-state index is -0.544. The normalized spacial score (nSPS) is 21.7. The summed E-state index contributed by atoms with van der Waals surface area (Å²) in [6.07, 6.45) is 6.56. The number of nitrogens with one attached hydrogen (secondary N) is 2. The molecule has 3 fully saturated rings. The highest BCUT2D eigenvalue weighted by molar-refractivity contribution is 6.35. The van der Waals surface area contributed by atoms with Gasteiger partial charge in [0.2, 0.25) is 5.95 Å². The Hall–Kier alpha value is -3.17. The van der Waals surface area contributed by atoms with Crippen molar-refractivity contribution in [3.05, 3.63) is 64.7 Å². The van der Waals surface area contributed by atoms with Crippen LogP contribution in [0.15, 0.2) is 42.5 Å². The molecule has 37 heavy (non-hydrogen) atoms. The number of hydrazine groups is 1. The zero-order valence-electron chi connectivity index (χ0n) is 21.6. The third-order valence-corrected chi connectivity index (χ3v) is 7.66. The molecule has 10 heteroatoms. The SMILES string of the molecule is Cc1nc(F)ccc1C(Nc1cc(Cl)c2ncnc(NCC(C)(C)C)c2c1)/C(N)=C/N(N)C12CC(C1)C2. The first-order valence-electron chi connectivity index (χ1n) is 12.5. The number of nitrogens with zero attached hydrogens (tertiary/aromatic N) is 4. The van der Waals surface area contributed by atoms with Crippen LogP contribution in [0.3, 0.4) is 0 Å². The summed E-state index contributed by atoms with van der Waals surface area (Å²) >= 11 is 6.67. The molecule has 0 saturated heterocycles. The molecule has 1 aromatic carbocycles. The van der Waals surface area contributed by atoms with Gasteiger partial charge in [-0.3, -0.25) is 0 Å². The summed E-state index contributed by atoms with van der Waals surface area (Å²) in [7, 11) is 0. The minimum Gasteiger partial charge on any atom is -0.399 e. The highest BCUT2D eigenvalue weighted by Crippen LogP contribution is 2.59. The van der Waals surface area contributed by atoms with Crippen LogP contribution in [0.25, 0.3) is 10.9 Å². The molecule has 6 rings (SSSR count). The Morgan fingerprint density at radius 2 is 2.00 bits per heavy atom. The first-order valence-corrected chi connectivity index (χ1v) is 12.9. The summed E-state index contributed by atoms with van der Waals surface area (Å²) in [5.41, 5.74) is 9.86. The Labute approximate surface area is 221 Å². The number of benzene rings is 1. The van der Waals surface area contributed by atoms with Crippen LogP contribution in [0.2, 0.25) is 5.02 Å². The van der Waals surface area contributed by atoms with Crippen molar-refractivity contribution in [1.29, 1.82) is 0 Å². The van der Waals surface area contributed by atoms with E-state index >= 15 is 0 Å². The Morgan fingerprint density at radius 3 is 2.62 bits per heavy atom. The molecule has 3 aromatic rings. The summed E-state index contributed by atoms with van der Waals surface area (Å²) in [4.78, 5) is 12.9. The third-order valence-electron chi connectivity index (χ3n) is 7.37. The van der Waals surface area contributed by atoms with E-state index in [1.165, 1.54) is 12.4 Å². The third kappa shape index (κ3) is 5.02. The van der Waals surface area contributed by atoms with Crippen LogP contribution in [0.4, 0.5) is 15.9 Å². The molecule has 1 unspecified atom stereocenters. The summed E-state index contributed by atoms with van der Waals surface area (Å²) in [5.74, 6) is 7.37. The number of hydrogen-bond donors (Lipinski definition) is 4. The maximum absolute atomic E-state index is 13.8. The van der Waals surface area contributed by atoms with Crippen LogP contribution in [0.5, 0.6) is 0 Å². The number of pyridine rings is 1. The fourth-order valence-corrected chi connectivity index (χ4v) is 5.44. The molecule has 0 aliphatic heterocycles. The molecule has 3 aliphatic rings. The number of nitrogens with two attached hydrogens (primary N) is 2. The van der Waals surface area contributed by atoms with Gasteiger partial charge in [-0.2, -0.15) is 4.39 Å². The van der Waals surface area contributed by atoms with E-state index in [-0.39, 0.29) is 11.0 Å². The predicted molar refractivity (Wildman–Crippen MR) is 146 cm³/mol. The summed E-state index contributed by atoms with van der Waals surface area (Å²) < 4.78 is 13.8. The van der Waals surface area contributed by atoms with Gasteiger partial charge in [-0.05, 0) is 55.7 Å². The maximum atomic E-state index is 13.8. The first kappa shape index (κ1) is 25.5. The molecule has 2 heterocycles. The molecule has 0 spiro atoms. The van der Waals surface area contributed by atoms with Crippen LogP contribution >= 0.6 is 11.6 Å². The number of anilines is 2. The van der Waals surface area contributed by atoms with Crippen molar-refractivity contribution < 1.29 is 4.39 Å². The van der Waals surface area contributed by atoms with Gasteiger partial charge < -0.3 is 21.4 Å². The Morgan fingerprint density at radius 1 is 1.27 bits per heavy atom. The van der Waals surface area contributed by atoms with Crippen molar-refractivity contribution in [1.82, 2.24) is 20.0 Å². The van der Waals surface area contributed by atoms with E-state index in [1.807, 2.05) is 6.07 Å². The summed E-state index contributed by atoms with van der Waals surface area (Å²) in [6.45, 7) is 8.93. The van der Waals surface area contributed by atoms with Gasteiger partial charge in [0.15, 0.2) is 0 Å². The molecule has 3 aliphatic carbocycles. The van der Waals surface area contributed by atoms with E-state index in [9.17, 15) is 4.39 Å². The summed E-state index contributed by atoms with van der Waals surface area (Å²) in [6, 6.07) is 6.26. The zero-order valence-corrected chi connectivity index (χ0v) is 22.4. The molecule has 0 amide bonds. The second-order valence-corrected chi connectivity index (χ2v) is 12.0. The van der Waals surface area contributed by atoms with Gasteiger partial charge in [-0.15, -0.1) is 0 Å². The van der Waals surface area contributed by atoms with Gasteiger partial charge in [0.05, 0.1) is 27.8 Å². The number of fused-ring (bicyclic) bond motifs is 1. The van der Waals surface area contributed by atoms with Crippen molar-refractivity contribution >= 4 is 34.0 Å². The van der Waals surface area contributed by atoms with E-state index in [1.54, 1.807) is 30.3 Å². The monoisotopic (exact) mass is 524 g/mol. The lowest BCUT2D eigenvalue weighted by Crippen LogP contribution is -2.68. The van der Waals surface area contributed by atoms with Crippen LogP contribution in [-0.4, -0.2) is 32.0 Å². The fraction of sp³-hybridized carbons (Fsp3) is 0.444. The second kappa shape index (κ2) is 9.29. The van der Waals surface area contributed by atoms with Gasteiger partial charge in [0.1, 0.15) is 12.1 Å². The maximum Gasteiger partial charge on any atom is 0.213 e. The van der Waals surface area contributed by atoms with Gasteiger partial charge in [0, 0.05) is 35.1 Å². The Bertz CT molecular complexity index is 1350. The molecule has 1 atom stereocenters. The fourth-order valence-electron chi connectivity index (χ4n) is 5.17. The van der Waals surface area contributed by atoms with Crippen LogP contribution in [0.1, 0.15) is 57.3 Å². The number of aryl methyl sites for hydroxylation is 1. The van der Waals surface area contributed by atoms with E-state index in [2.05, 4.69) is 46.4 Å². The lowest BCUT2D eigenvalue weighted by molar-refractivity contribution is -0.124. The zero-order chi connectivity index (χ0) is 26.5. The van der Waals surface area contributed by atoms with Gasteiger partial charge in [-0.25, -0.2) is 20.8 Å². The quantitative estimate of drug-likeness (QED) is 0.179. The molecule has 3 saturated carbocycles. The Balaban J connectivity index is 1.51. The molecule has 2 bridgehead atoms. The van der Waals surface area contributed by atoms with Crippen molar-refractivity contribution in [2.45, 2.75) is 58.5 Å². The van der Waals surface area contributed by atoms with E-state index in [0.717, 1.165) is 42.7 Å². The topological polar surface area (TPSA) is 118 Å². The van der Waals surface area contributed by atoms with Crippen molar-refractivity contribution in [3.63, 3.8) is 0 Å². The average molecular weight is 525 g/mol. The molecule has 196 valence electrons. The molecule has 8 nitrogen and oxygen atoms in total. The van der Waals surface area contributed by atoms with Crippen LogP contribution in [0, 0.1) is 24.2 Å². The number of aromatic nitrogens is 3. The van der Waals surface area contributed by atoms with Gasteiger partial charge in [-0.1, -0.05) is 38.4 Å². The average Bonchev–Trinajstić information content (AvgIpc) is 2.74.